The normalized spacial score (nSPS) is 13.8. The summed E-state index contributed by atoms with van der Waals surface area (Å²) in [7, 11) is 0. The van der Waals surface area contributed by atoms with Gasteiger partial charge in [-0.3, -0.25) is 4.98 Å². The van der Waals surface area contributed by atoms with Gasteiger partial charge in [0.05, 0.1) is 5.69 Å². The van der Waals surface area contributed by atoms with Gasteiger partial charge < -0.3 is 5.32 Å². The van der Waals surface area contributed by atoms with E-state index in [-0.39, 0.29) is 0 Å². The lowest BCUT2D eigenvalue weighted by Crippen LogP contribution is -2.07. The van der Waals surface area contributed by atoms with E-state index in [2.05, 4.69) is 37.5 Å². The first-order valence-electron chi connectivity index (χ1n) is 7.32. The van der Waals surface area contributed by atoms with Gasteiger partial charge in [-0.05, 0) is 43.7 Å². The van der Waals surface area contributed by atoms with Crippen LogP contribution in [0.4, 0.5) is 5.13 Å². The molecule has 0 saturated heterocycles. The minimum absolute atomic E-state index is 0.630. The molecule has 3 nitrogen and oxygen atoms in total. The number of nitrogens with zero attached hydrogens (tertiary/aromatic N) is 2. The monoisotopic (exact) mass is 287 g/mol. The number of hydrogen-bond donors (Lipinski definition) is 1. The number of anilines is 1. The summed E-state index contributed by atoms with van der Waals surface area (Å²) in [6.07, 6.45) is 3.54. The molecule has 0 unspecified atom stereocenters. The Morgan fingerprint density at radius 3 is 2.95 bits per heavy atom. The summed E-state index contributed by atoms with van der Waals surface area (Å²) < 4.78 is 0. The van der Waals surface area contributed by atoms with Crippen LogP contribution in [0.1, 0.15) is 37.2 Å². The summed E-state index contributed by atoms with van der Waals surface area (Å²) in [5.41, 5.74) is 6.06. The molecule has 20 heavy (non-hydrogen) atoms. The highest BCUT2D eigenvalue weighted by Crippen LogP contribution is 2.31. The third kappa shape index (κ3) is 2.70. The zero-order valence-corrected chi connectivity index (χ0v) is 13.2. The Kier molecular flexibility index (Phi) is 3.74. The molecular formula is C16H21N3S. The summed E-state index contributed by atoms with van der Waals surface area (Å²) in [4.78, 5) is 9.46. The van der Waals surface area contributed by atoms with Gasteiger partial charge in [-0.15, -0.1) is 11.3 Å². The molecule has 0 spiro atoms. The Morgan fingerprint density at radius 2 is 2.15 bits per heavy atom. The average Bonchev–Trinajstić information content (AvgIpc) is 3.03. The van der Waals surface area contributed by atoms with Gasteiger partial charge >= 0.3 is 0 Å². The highest BCUT2D eigenvalue weighted by atomic mass is 32.1. The van der Waals surface area contributed by atoms with Gasteiger partial charge in [-0.1, -0.05) is 13.8 Å². The molecule has 2 aromatic rings. The van der Waals surface area contributed by atoms with Gasteiger partial charge in [-0.2, -0.15) is 0 Å². The fourth-order valence-corrected chi connectivity index (χ4v) is 3.33. The van der Waals surface area contributed by atoms with Crippen molar-refractivity contribution in [3.8, 4) is 11.3 Å². The summed E-state index contributed by atoms with van der Waals surface area (Å²) in [6.45, 7) is 7.47. The molecule has 0 aliphatic heterocycles. The van der Waals surface area contributed by atoms with Crippen LogP contribution >= 0.6 is 11.3 Å². The van der Waals surface area contributed by atoms with E-state index in [0.717, 1.165) is 35.9 Å². The van der Waals surface area contributed by atoms with Crippen LogP contribution in [0.25, 0.3) is 11.3 Å². The predicted octanol–water partition coefficient (Wildman–Crippen LogP) is 4.07. The third-order valence-corrected chi connectivity index (χ3v) is 4.48. The number of rotatable bonds is 4. The SMILES string of the molecule is Cc1nc2c(cc1-c1csc(NCC(C)C)n1)CCC2. The molecule has 1 aliphatic carbocycles. The molecule has 0 saturated carbocycles. The number of fused-ring (bicyclic) bond motifs is 1. The molecule has 0 radical (unpaired) electrons. The Hall–Kier alpha value is -1.42. The lowest BCUT2D eigenvalue weighted by molar-refractivity contribution is 0.688. The Labute approximate surface area is 124 Å². The van der Waals surface area contributed by atoms with Crippen molar-refractivity contribution in [2.24, 2.45) is 5.92 Å². The standard InChI is InChI=1S/C16H21N3S/c1-10(2)8-17-16-19-15(9-20-16)13-7-12-5-4-6-14(12)18-11(13)3/h7,9-10H,4-6,8H2,1-3H3,(H,17,19). The lowest BCUT2D eigenvalue weighted by Gasteiger charge is -2.07. The molecule has 1 aliphatic rings. The van der Waals surface area contributed by atoms with Gasteiger partial charge in [0, 0.05) is 28.9 Å². The van der Waals surface area contributed by atoms with E-state index < -0.39 is 0 Å². The van der Waals surface area contributed by atoms with Crippen molar-refractivity contribution in [3.05, 3.63) is 28.4 Å². The minimum atomic E-state index is 0.630. The minimum Gasteiger partial charge on any atom is -0.361 e. The van der Waals surface area contributed by atoms with Crippen LogP contribution in [0.15, 0.2) is 11.4 Å². The predicted molar refractivity (Wildman–Crippen MR) is 85.4 cm³/mol. The van der Waals surface area contributed by atoms with E-state index in [0.29, 0.717) is 5.92 Å². The number of pyridine rings is 1. The van der Waals surface area contributed by atoms with Gasteiger partial charge in [0.25, 0.3) is 0 Å². The molecule has 0 aromatic carbocycles. The maximum Gasteiger partial charge on any atom is 0.183 e. The van der Waals surface area contributed by atoms with E-state index in [1.165, 1.54) is 23.2 Å². The van der Waals surface area contributed by atoms with Gasteiger partial charge in [0.15, 0.2) is 5.13 Å². The quantitative estimate of drug-likeness (QED) is 0.921. The fourth-order valence-electron chi connectivity index (χ4n) is 2.61. The molecule has 4 heteroatoms. The van der Waals surface area contributed by atoms with Crippen LogP contribution in [0, 0.1) is 12.8 Å². The number of hydrogen-bond acceptors (Lipinski definition) is 4. The summed E-state index contributed by atoms with van der Waals surface area (Å²) in [5, 5.41) is 6.53. The molecule has 3 rings (SSSR count). The molecule has 0 fully saturated rings. The van der Waals surface area contributed by atoms with Crippen molar-refractivity contribution < 1.29 is 0 Å². The Balaban J connectivity index is 1.86. The van der Waals surface area contributed by atoms with Crippen molar-refractivity contribution in [1.82, 2.24) is 9.97 Å². The highest BCUT2D eigenvalue weighted by Gasteiger charge is 2.16. The van der Waals surface area contributed by atoms with Crippen molar-refractivity contribution >= 4 is 16.5 Å². The highest BCUT2D eigenvalue weighted by molar-refractivity contribution is 7.14. The van der Waals surface area contributed by atoms with Crippen LogP contribution < -0.4 is 5.32 Å². The van der Waals surface area contributed by atoms with E-state index in [1.807, 2.05) is 0 Å². The molecule has 1 N–H and O–H groups in total. The fraction of sp³-hybridized carbons (Fsp3) is 0.500. The van der Waals surface area contributed by atoms with Crippen molar-refractivity contribution in [3.63, 3.8) is 0 Å². The average molecular weight is 287 g/mol. The third-order valence-electron chi connectivity index (χ3n) is 3.68. The second-order valence-electron chi connectivity index (χ2n) is 5.89. The number of aryl methyl sites for hydroxylation is 3. The number of aromatic nitrogens is 2. The Bertz CT molecular complexity index is 616. The van der Waals surface area contributed by atoms with Crippen LogP contribution in [0.5, 0.6) is 0 Å². The van der Waals surface area contributed by atoms with Crippen LogP contribution in [0.2, 0.25) is 0 Å². The molecule has 0 atom stereocenters. The van der Waals surface area contributed by atoms with E-state index in [1.54, 1.807) is 11.3 Å². The number of nitrogens with one attached hydrogen (secondary N) is 1. The summed E-state index contributed by atoms with van der Waals surface area (Å²) in [6, 6.07) is 2.30. The zero-order valence-electron chi connectivity index (χ0n) is 12.4. The van der Waals surface area contributed by atoms with Crippen LogP contribution in [0.3, 0.4) is 0 Å². The molecule has 106 valence electrons. The van der Waals surface area contributed by atoms with E-state index in [4.69, 9.17) is 9.97 Å². The summed E-state index contributed by atoms with van der Waals surface area (Å²) >= 11 is 1.68. The number of thiazole rings is 1. The lowest BCUT2D eigenvalue weighted by atomic mass is 10.1. The second kappa shape index (κ2) is 5.52. The molecule has 0 bridgehead atoms. The zero-order chi connectivity index (χ0) is 14.1. The van der Waals surface area contributed by atoms with Crippen molar-refractivity contribution in [2.75, 3.05) is 11.9 Å². The van der Waals surface area contributed by atoms with Crippen molar-refractivity contribution in [2.45, 2.75) is 40.0 Å². The van der Waals surface area contributed by atoms with E-state index >= 15 is 0 Å². The smallest absolute Gasteiger partial charge is 0.183 e. The largest absolute Gasteiger partial charge is 0.361 e. The first-order valence-corrected chi connectivity index (χ1v) is 8.20. The van der Waals surface area contributed by atoms with Crippen LogP contribution in [-0.4, -0.2) is 16.5 Å². The van der Waals surface area contributed by atoms with Crippen LogP contribution in [-0.2, 0) is 12.8 Å². The molecule has 2 heterocycles. The summed E-state index contributed by atoms with van der Waals surface area (Å²) in [5.74, 6) is 0.630. The van der Waals surface area contributed by atoms with Gasteiger partial charge in [-0.25, -0.2) is 4.98 Å². The topological polar surface area (TPSA) is 37.8 Å². The molecular weight excluding hydrogens is 266 g/mol. The molecule has 2 aromatic heterocycles. The molecule has 0 amide bonds. The van der Waals surface area contributed by atoms with Crippen molar-refractivity contribution in [1.29, 1.82) is 0 Å². The maximum absolute atomic E-state index is 4.76. The van der Waals surface area contributed by atoms with Gasteiger partial charge in [0.2, 0.25) is 0 Å². The first-order chi connectivity index (χ1) is 9.63. The first kappa shape index (κ1) is 13.6. The maximum atomic E-state index is 4.76. The Morgan fingerprint density at radius 1 is 1.30 bits per heavy atom. The second-order valence-corrected chi connectivity index (χ2v) is 6.75. The van der Waals surface area contributed by atoms with Gasteiger partial charge in [0.1, 0.15) is 0 Å². The van der Waals surface area contributed by atoms with E-state index in [9.17, 15) is 0 Å².